The number of nitrogens with zero attached hydrogens (tertiary/aromatic N) is 3. The van der Waals surface area contributed by atoms with Gasteiger partial charge in [-0.2, -0.15) is 26.3 Å². The van der Waals surface area contributed by atoms with Gasteiger partial charge < -0.3 is 4.98 Å². The van der Waals surface area contributed by atoms with Gasteiger partial charge >= 0.3 is 12.4 Å². The van der Waals surface area contributed by atoms with E-state index in [-0.39, 0.29) is 17.4 Å². The van der Waals surface area contributed by atoms with Crippen molar-refractivity contribution in [3.05, 3.63) is 41.5 Å². The molecule has 0 bridgehead atoms. The van der Waals surface area contributed by atoms with Crippen molar-refractivity contribution >= 4 is 11.0 Å². The Labute approximate surface area is 130 Å². The van der Waals surface area contributed by atoms with Crippen LogP contribution in [0, 0.1) is 6.92 Å². The van der Waals surface area contributed by atoms with Crippen molar-refractivity contribution in [3.8, 4) is 11.4 Å². The summed E-state index contributed by atoms with van der Waals surface area (Å²) in [6.07, 6.45) is -7.33. The number of fused-ring (bicyclic) bond motifs is 1. The third-order valence-electron chi connectivity index (χ3n) is 3.39. The number of hydrogen-bond donors (Lipinski definition) is 1. The summed E-state index contributed by atoms with van der Waals surface area (Å²) in [4.78, 5) is 13.9. The third-order valence-corrected chi connectivity index (χ3v) is 3.39. The fourth-order valence-electron chi connectivity index (χ4n) is 2.25. The van der Waals surface area contributed by atoms with Gasteiger partial charge in [-0.1, -0.05) is 0 Å². The first-order valence-corrected chi connectivity index (χ1v) is 6.52. The summed E-state index contributed by atoms with van der Waals surface area (Å²) in [6, 6.07) is 0.654. The number of halogens is 6. The van der Waals surface area contributed by atoms with Crippen LogP contribution in [0.3, 0.4) is 0 Å². The summed E-state index contributed by atoms with van der Waals surface area (Å²) >= 11 is 0. The predicted molar refractivity (Wildman–Crippen MR) is 71.9 cm³/mol. The van der Waals surface area contributed by atoms with E-state index in [2.05, 4.69) is 19.9 Å². The van der Waals surface area contributed by atoms with Crippen LogP contribution in [0.15, 0.2) is 24.7 Å². The minimum Gasteiger partial charge on any atom is -0.338 e. The average Bonchev–Trinajstić information content (AvgIpc) is 2.88. The van der Waals surface area contributed by atoms with Crippen LogP contribution in [-0.2, 0) is 12.4 Å². The van der Waals surface area contributed by atoms with Gasteiger partial charge in [-0.05, 0) is 19.1 Å². The van der Waals surface area contributed by atoms with Gasteiger partial charge in [0.1, 0.15) is 17.7 Å². The Bertz CT molecular complexity index is 910. The Morgan fingerprint density at radius 2 is 1.71 bits per heavy atom. The molecule has 0 aliphatic rings. The van der Waals surface area contributed by atoms with Crippen molar-refractivity contribution in [2.45, 2.75) is 19.3 Å². The standard InChI is InChI=1S/C14H8F6N4/c1-6-8(4-21-5-22-6)12-23-10-3-7(13(15,16)17)2-9(11(10)24-12)14(18,19)20/h2-5H,1H3,(H,23,24). The van der Waals surface area contributed by atoms with Crippen LogP contribution in [0.1, 0.15) is 16.8 Å². The Morgan fingerprint density at radius 1 is 1.00 bits per heavy atom. The van der Waals surface area contributed by atoms with Crippen molar-refractivity contribution in [1.82, 2.24) is 19.9 Å². The molecule has 4 nitrogen and oxygen atoms in total. The normalized spacial score (nSPS) is 12.8. The lowest BCUT2D eigenvalue weighted by Crippen LogP contribution is -2.11. The molecule has 0 amide bonds. The Morgan fingerprint density at radius 3 is 2.29 bits per heavy atom. The molecule has 126 valence electrons. The fraction of sp³-hybridized carbons (Fsp3) is 0.214. The quantitative estimate of drug-likeness (QED) is 0.666. The van der Waals surface area contributed by atoms with E-state index in [0.717, 1.165) is 0 Å². The number of hydrogen-bond acceptors (Lipinski definition) is 3. The van der Waals surface area contributed by atoms with Crippen molar-refractivity contribution in [2.75, 3.05) is 0 Å². The second-order valence-corrected chi connectivity index (χ2v) is 5.02. The van der Waals surface area contributed by atoms with Gasteiger partial charge in [0.15, 0.2) is 0 Å². The molecule has 2 heterocycles. The Balaban J connectivity index is 2.31. The molecule has 0 fully saturated rings. The molecule has 1 N–H and O–H groups in total. The number of benzene rings is 1. The molecule has 0 saturated heterocycles. The van der Waals surface area contributed by atoms with Crippen LogP contribution >= 0.6 is 0 Å². The summed E-state index contributed by atoms with van der Waals surface area (Å²) < 4.78 is 78.0. The fourth-order valence-corrected chi connectivity index (χ4v) is 2.25. The van der Waals surface area contributed by atoms with Crippen LogP contribution in [0.25, 0.3) is 22.4 Å². The number of nitrogens with one attached hydrogen (secondary N) is 1. The molecule has 0 aliphatic heterocycles. The molecule has 10 heteroatoms. The van der Waals surface area contributed by atoms with E-state index in [1.165, 1.54) is 12.5 Å². The van der Waals surface area contributed by atoms with E-state index in [9.17, 15) is 26.3 Å². The molecule has 0 spiro atoms. The maximum Gasteiger partial charge on any atom is 0.418 e. The smallest absolute Gasteiger partial charge is 0.338 e. The first-order chi connectivity index (χ1) is 11.1. The van der Waals surface area contributed by atoms with Gasteiger partial charge in [0.25, 0.3) is 0 Å². The number of H-pyrrole nitrogens is 1. The number of imidazole rings is 1. The largest absolute Gasteiger partial charge is 0.418 e. The minimum atomic E-state index is -4.98. The number of aromatic nitrogens is 4. The summed E-state index contributed by atoms with van der Waals surface area (Å²) in [5, 5.41) is 0. The van der Waals surface area contributed by atoms with Crippen LogP contribution in [-0.4, -0.2) is 19.9 Å². The van der Waals surface area contributed by atoms with Gasteiger partial charge in [-0.25, -0.2) is 15.0 Å². The van der Waals surface area contributed by atoms with Crippen molar-refractivity contribution < 1.29 is 26.3 Å². The molecular weight excluding hydrogens is 338 g/mol. The van der Waals surface area contributed by atoms with Crippen LogP contribution < -0.4 is 0 Å². The van der Waals surface area contributed by atoms with E-state index in [1.54, 1.807) is 6.92 Å². The highest BCUT2D eigenvalue weighted by molar-refractivity contribution is 5.84. The Kier molecular flexibility index (Phi) is 3.50. The van der Waals surface area contributed by atoms with Crippen molar-refractivity contribution in [1.29, 1.82) is 0 Å². The number of alkyl halides is 6. The van der Waals surface area contributed by atoms with Crippen LogP contribution in [0.4, 0.5) is 26.3 Å². The third kappa shape index (κ3) is 2.79. The van der Waals surface area contributed by atoms with Gasteiger partial charge in [0, 0.05) is 6.20 Å². The van der Waals surface area contributed by atoms with Gasteiger partial charge in [-0.3, -0.25) is 0 Å². The topological polar surface area (TPSA) is 54.5 Å². The lowest BCUT2D eigenvalue weighted by atomic mass is 10.1. The van der Waals surface area contributed by atoms with E-state index in [4.69, 9.17) is 0 Å². The number of rotatable bonds is 1. The average molecular weight is 346 g/mol. The first-order valence-electron chi connectivity index (χ1n) is 6.52. The highest BCUT2D eigenvalue weighted by Gasteiger charge is 2.39. The molecule has 0 aliphatic carbocycles. The van der Waals surface area contributed by atoms with E-state index in [1.807, 2.05) is 0 Å². The highest BCUT2D eigenvalue weighted by Crippen LogP contribution is 2.40. The van der Waals surface area contributed by atoms with Gasteiger partial charge in [0.2, 0.25) is 0 Å². The highest BCUT2D eigenvalue weighted by atomic mass is 19.4. The number of aryl methyl sites for hydroxylation is 1. The zero-order valence-corrected chi connectivity index (χ0v) is 11.9. The maximum atomic E-state index is 13.1. The Hall–Kier alpha value is -2.65. The maximum absolute atomic E-state index is 13.1. The van der Waals surface area contributed by atoms with Crippen molar-refractivity contribution in [3.63, 3.8) is 0 Å². The monoisotopic (exact) mass is 346 g/mol. The summed E-state index contributed by atoms with van der Waals surface area (Å²) in [5.74, 6) is -0.0343. The predicted octanol–water partition coefficient (Wildman–Crippen LogP) is 4.37. The molecule has 0 saturated carbocycles. The second kappa shape index (κ2) is 5.18. The molecule has 0 unspecified atom stereocenters. The minimum absolute atomic E-state index is 0.0343. The molecule has 3 aromatic rings. The van der Waals surface area contributed by atoms with Crippen molar-refractivity contribution in [2.24, 2.45) is 0 Å². The second-order valence-electron chi connectivity index (χ2n) is 5.02. The van der Waals surface area contributed by atoms with Crippen LogP contribution in [0.2, 0.25) is 0 Å². The molecular formula is C14H8F6N4. The molecule has 0 radical (unpaired) electrons. The summed E-state index contributed by atoms with van der Waals surface area (Å²) in [5.41, 5.74) is -3.09. The molecule has 24 heavy (non-hydrogen) atoms. The SMILES string of the molecule is Cc1ncncc1-c1nc2c(C(F)(F)F)cc(C(F)(F)F)cc2[nH]1. The van der Waals surface area contributed by atoms with Gasteiger partial charge in [-0.15, -0.1) is 0 Å². The number of aromatic amines is 1. The lowest BCUT2D eigenvalue weighted by molar-refractivity contribution is -0.142. The summed E-state index contributed by atoms with van der Waals surface area (Å²) in [6.45, 7) is 1.58. The van der Waals surface area contributed by atoms with E-state index < -0.39 is 29.0 Å². The molecule has 0 atom stereocenters. The van der Waals surface area contributed by atoms with E-state index >= 15 is 0 Å². The summed E-state index contributed by atoms with van der Waals surface area (Å²) in [7, 11) is 0. The van der Waals surface area contributed by atoms with E-state index in [0.29, 0.717) is 17.3 Å². The zero-order chi connectivity index (χ0) is 17.7. The zero-order valence-electron chi connectivity index (χ0n) is 11.9. The van der Waals surface area contributed by atoms with Gasteiger partial charge in [0.05, 0.1) is 27.9 Å². The molecule has 3 rings (SSSR count). The lowest BCUT2D eigenvalue weighted by Gasteiger charge is -2.11. The molecule has 1 aromatic carbocycles. The first kappa shape index (κ1) is 16.2. The van der Waals surface area contributed by atoms with Crippen LogP contribution in [0.5, 0.6) is 0 Å². The molecule has 2 aromatic heterocycles.